The summed E-state index contributed by atoms with van der Waals surface area (Å²) < 4.78 is 5.50. The Balaban J connectivity index is 1.57. The van der Waals surface area contributed by atoms with E-state index in [4.69, 9.17) is 4.74 Å². The molecule has 25 heavy (non-hydrogen) atoms. The second kappa shape index (κ2) is 6.71. The molecule has 5 heteroatoms. The molecule has 0 aliphatic carbocycles. The van der Waals surface area contributed by atoms with Gasteiger partial charge >= 0.3 is 0 Å². The highest BCUT2D eigenvalue weighted by Gasteiger charge is 2.66. The van der Waals surface area contributed by atoms with Gasteiger partial charge in [-0.1, -0.05) is 30.3 Å². The van der Waals surface area contributed by atoms with Crippen LogP contribution in [0.25, 0.3) is 0 Å². The molecular weight excluding hydrogens is 316 g/mol. The first-order chi connectivity index (χ1) is 12.2. The maximum absolute atomic E-state index is 11.8. The van der Waals surface area contributed by atoms with Gasteiger partial charge in [0.25, 0.3) is 0 Å². The number of carbonyl (C=O) groups excluding carboxylic acids is 1. The summed E-state index contributed by atoms with van der Waals surface area (Å²) in [6.45, 7) is 6.07. The molecule has 136 valence electrons. The quantitative estimate of drug-likeness (QED) is 0.899. The van der Waals surface area contributed by atoms with Crippen LogP contribution in [0, 0.1) is 5.92 Å². The highest BCUT2D eigenvalue weighted by Crippen LogP contribution is 2.54. The zero-order valence-corrected chi connectivity index (χ0v) is 14.9. The average Bonchev–Trinajstić information content (AvgIpc) is 2.59. The first-order valence-corrected chi connectivity index (χ1v) is 9.41. The van der Waals surface area contributed by atoms with Crippen molar-refractivity contribution >= 4 is 5.91 Å². The average molecular weight is 344 g/mol. The minimum atomic E-state index is -0.00127. The Labute approximate surface area is 149 Å². The maximum atomic E-state index is 11.8. The summed E-state index contributed by atoms with van der Waals surface area (Å²) in [4.78, 5) is 16.2. The highest BCUT2D eigenvalue weighted by atomic mass is 16.5. The van der Waals surface area contributed by atoms with E-state index in [0.29, 0.717) is 11.8 Å². The van der Waals surface area contributed by atoms with Gasteiger partial charge in [0.05, 0.1) is 12.1 Å². The Hall–Kier alpha value is -1.43. The van der Waals surface area contributed by atoms with E-state index >= 15 is 0 Å². The van der Waals surface area contributed by atoms with Crippen molar-refractivity contribution < 1.29 is 14.6 Å². The third kappa shape index (κ3) is 2.78. The van der Waals surface area contributed by atoms with Gasteiger partial charge in [-0.25, -0.2) is 0 Å². The third-order valence-corrected chi connectivity index (χ3v) is 6.45. The van der Waals surface area contributed by atoms with Crippen molar-refractivity contribution in [2.24, 2.45) is 5.92 Å². The van der Waals surface area contributed by atoms with Gasteiger partial charge in [0.2, 0.25) is 5.91 Å². The molecule has 1 aromatic rings. The van der Waals surface area contributed by atoms with E-state index in [1.54, 1.807) is 6.92 Å². The zero-order valence-electron chi connectivity index (χ0n) is 14.9. The van der Waals surface area contributed by atoms with E-state index in [1.807, 2.05) is 11.0 Å². The first-order valence-electron chi connectivity index (χ1n) is 9.41. The van der Waals surface area contributed by atoms with Crippen molar-refractivity contribution in [2.75, 3.05) is 39.5 Å². The van der Waals surface area contributed by atoms with Gasteiger partial charge in [-0.3, -0.25) is 9.69 Å². The Morgan fingerprint density at radius 2 is 1.92 bits per heavy atom. The number of carbonyl (C=O) groups is 1. The van der Waals surface area contributed by atoms with E-state index in [0.717, 1.165) is 45.7 Å². The molecule has 3 aliphatic heterocycles. The van der Waals surface area contributed by atoms with Crippen LogP contribution in [0.3, 0.4) is 0 Å². The second-order valence-electron chi connectivity index (χ2n) is 7.83. The predicted octanol–water partition coefficient (Wildman–Crippen LogP) is 1.47. The molecule has 1 spiro atoms. The molecule has 0 saturated carbocycles. The number of likely N-dealkylation sites (tertiary alicyclic amines) is 2. The maximum Gasteiger partial charge on any atom is 0.219 e. The monoisotopic (exact) mass is 344 g/mol. The smallest absolute Gasteiger partial charge is 0.219 e. The molecule has 1 amide bonds. The Bertz CT molecular complexity index is 609. The minimum absolute atomic E-state index is 0.00127. The second-order valence-corrected chi connectivity index (χ2v) is 7.83. The van der Waals surface area contributed by atoms with E-state index in [2.05, 4.69) is 29.2 Å². The number of nitrogens with zero attached hydrogens (tertiary/aromatic N) is 2. The van der Waals surface area contributed by atoms with E-state index in [9.17, 15) is 9.90 Å². The summed E-state index contributed by atoms with van der Waals surface area (Å²) in [7, 11) is 0. The predicted molar refractivity (Wildman–Crippen MR) is 95.3 cm³/mol. The molecule has 0 unspecified atom stereocenters. The van der Waals surface area contributed by atoms with E-state index in [1.165, 1.54) is 5.56 Å². The van der Waals surface area contributed by atoms with Gasteiger partial charge in [-0.2, -0.15) is 0 Å². The van der Waals surface area contributed by atoms with Gasteiger partial charge in [-0.05, 0) is 24.3 Å². The number of aliphatic hydroxyl groups is 1. The molecule has 1 N–H and O–H groups in total. The van der Waals surface area contributed by atoms with E-state index in [-0.39, 0.29) is 24.1 Å². The lowest BCUT2D eigenvalue weighted by molar-refractivity contribution is -0.200. The lowest BCUT2D eigenvalue weighted by atomic mass is 9.60. The summed E-state index contributed by atoms with van der Waals surface area (Å²) >= 11 is 0. The van der Waals surface area contributed by atoms with Crippen molar-refractivity contribution in [3.8, 4) is 0 Å². The number of rotatable bonds is 4. The molecule has 2 atom stereocenters. The SMILES string of the molecule is CC(=O)N1CC2(C1)[C@H](c1ccccc1)[C@@H](CO)N2CC1CCOCC1. The van der Waals surface area contributed by atoms with Crippen molar-refractivity contribution in [3.05, 3.63) is 35.9 Å². The van der Waals surface area contributed by atoms with Crippen molar-refractivity contribution in [1.29, 1.82) is 0 Å². The normalized spacial score (nSPS) is 29.3. The molecule has 3 heterocycles. The van der Waals surface area contributed by atoms with Crippen molar-refractivity contribution in [2.45, 2.75) is 37.3 Å². The van der Waals surface area contributed by atoms with Crippen LogP contribution in [0.4, 0.5) is 0 Å². The zero-order chi connectivity index (χ0) is 17.4. The lowest BCUT2D eigenvalue weighted by Crippen LogP contribution is -2.85. The Morgan fingerprint density at radius 1 is 1.24 bits per heavy atom. The molecule has 0 aromatic heterocycles. The summed E-state index contributed by atoms with van der Waals surface area (Å²) in [5.41, 5.74) is 1.28. The van der Waals surface area contributed by atoms with Gasteiger partial charge in [0, 0.05) is 51.7 Å². The molecule has 1 aromatic carbocycles. The van der Waals surface area contributed by atoms with Crippen LogP contribution < -0.4 is 0 Å². The van der Waals surface area contributed by atoms with Gasteiger partial charge in [0.15, 0.2) is 0 Å². The van der Waals surface area contributed by atoms with Crippen molar-refractivity contribution in [1.82, 2.24) is 9.80 Å². The fourth-order valence-corrected chi connectivity index (χ4v) is 5.10. The molecule has 3 saturated heterocycles. The fourth-order valence-electron chi connectivity index (χ4n) is 5.10. The number of aliphatic hydroxyl groups excluding tert-OH is 1. The molecule has 5 nitrogen and oxygen atoms in total. The largest absolute Gasteiger partial charge is 0.395 e. The molecular formula is C20H28N2O3. The molecule has 0 bridgehead atoms. The number of hydrogen-bond donors (Lipinski definition) is 1. The molecule has 3 fully saturated rings. The Kier molecular flexibility index (Phi) is 4.56. The summed E-state index contributed by atoms with van der Waals surface area (Å²) in [6.07, 6.45) is 2.19. The lowest BCUT2D eigenvalue weighted by Gasteiger charge is -2.71. The molecule has 0 radical (unpaired) electrons. The number of benzene rings is 1. The van der Waals surface area contributed by atoms with Crippen LogP contribution in [0.15, 0.2) is 30.3 Å². The topological polar surface area (TPSA) is 53.0 Å². The van der Waals surface area contributed by atoms with Crippen LogP contribution in [-0.4, -0.2) is 71.8 Å². The Morgan fingerprint density at radius 3 is 2.52 bits per heavy atom. The van der Waals surface area contributed by atoms with Crippen LogP contribution in [0.1, 0.15) is 31.2 Å². The molecule has 4 rings (SSSR count). The minimum Gasteiger partial charge on any atom is -0.395 e. The summed E-state index contributed by atoms with van der Waals surface area (Å²) in [5, 5.41) is 10.1. The summed E-state index contributed by atoms with van der Waals surface area (Å²) in [5.74, 6) is 1.08. The first kappa shape index (κ1) is 17.0. The van der Waals surface area contributed by atoms with Crippen LogP contribution in [-0.2, 0) is 9.53 Å². The van der Waals surface area contributed by atoms with Crippen LogP contribution >= 0.6 is 0 Å². The molecule has 3 aliphatic rings. The third-order valence-electron chi connectivity index (χ3n) is 6.45. The van der Waals surface area contributed by atoms with Crippen LogP contribution in [0.2, 0.25) is 0 Å². The van der Waals surface area contributed by atoms with Crippen molar-refractivity contribution in [3.63, 3.8) is 0 Å². The highest BCUT2D eigenvalue weighted by molar-refractivity contribution is 5.75. The van der Waals surface area contributed by atoms with Crippen LogP contribution in [0.5, 0.6) is 0 Å². The standard InChI is InChI=1S/C20H28N2O3/c1-15(24)21-13-20(14-21)19(17-5-3-2-4-6-17)18(12-23)22(20)11-16-7-9-25-10-8-16/h2-6,16,18-19,23H,7-14H2,1H3/t18-,19-/m1/s1. The van der Waals surface area contributed by atoms with Gasteiger partial charge < -0.3 is 14.7 Å². The summed E-state index contributed by atoms with van der Waals surface area (Å²) in [6, 6.07) is 10.7. The number of hydrogen-bond acceptors (Lipinski definition) is 4. The van der Waals surface area contributed by atoms with Gasteiger partial charge in [-0.15, -0.1) is 0 Å². The number of amides is 1. The fraction of sp³-hybridized carbons (Fsp3) is 0.650. The number of ether oxygens (including phenoxy) is 1. The van der Waals surface area contributed by atoms with Gasteiger partial charge in [0.1, 0.15) is 0 Å². The van der Waals surface area contributed by atoms with E-state index < -0.39 is 0 Å².